The molecule has 0 aliphatic heterocycles. The molecule has 1 fully saturated rings. The van der Waals surface area contributed by atoms with Gasteiger partial charge in [-0.3, -0.25) is 9.59 Å². The minimum Gasteiger partial charge on any atom is -0.481 e. The van der Waals surface area contributed by atoms with Crippen LogP contribution in [0, 0.1) is 29.6 Å². The second-order valence-electron chi connectivity index (χ2n) is 4.07. The molecule has 3 nitrogen and oxygen atoms in total. The molecule has 0 bridgehead atoms. The third kappa shape index (κ3) is 2.82. The van der Waals surface area contributed by atoms with E-state index in [0.717, 1.165) is 0 Å². The van der Waals surface area contributed by atoms with E-state index in [1.165, 1.54) is 0 Å². The predicted molar refractivity (Wildman–Crippen MR) is 56.1 cm³/mol. The van der Waals surface area contributed by atoms with Gasteiger partial charge in [-0.2, -0.15) is 0 Å². The van der Waals surface area contributed by atoms with Crippen LogP contribution in [0.25, 0.3) is 0 Å². The summed E-state index contributed by atoms with van der Waals surface area (Å²) in [5, 5.41) is 8.74. The van der Waals surface area contributed by atoms with Crippen molar-refractivity contribution < 1.29 is 14.7 Å². The van der Waals surface area contributed by atoms with Crippen LogP contribution in [0.1, 0.15) is 33.1 Å². The standard InChI is InChI=1S/C12H16O3/c1-3-4-8(2)12-9(7-11(14)15)5-6-10(12)13/h8-9,12H,5-7H2,1-2H3,(H,14,15). The van der Waals surface area contributed by atoms with E-state index in [1.807, 2.05) is 6.92 Å². The number of hydrogen-bond donors (Lipinski definition) is 1. The summed E-state index contributed by atoms with van der Waals surface area (Å²) in [5.41, 5.74) is 0. The molecule has 1 aliphatic rings. The summed E-state index contributed by atoms with van der Waals surface area (Å²) in [5.74, 6) is 4.89. The monoisotopic (exact) mass is 208 g/mol. The Bertz CT molecular complexity index is 321. The number of aliphatic carboxylic acids is 1. The number of carbonyl (C=O) groups is 2. The lowest BCUT2D eigenvalue weighted by Gasteiger charge is -2.19. The second kappa shape index (κ2) is 4.97. The van der Waals surface area contributed by atoms with Crippen molar-refractivity contribution in [2.75, 3.05) is 0 Å². The van der Waals surface area contributed by atoms with Crippen LogP contribution in [-0.4, -0.2) is 16.9 Å². The van der Waals surface area contributed by atoms with Crippen LogP contribution in [0.4, 0.5) is 0 Å². The molecular weight excluding hydrogens is 192 g/mol. The van der Waals surface area contributed by atoms with E-state index in [1.54, 1.807) is 6.92 Å². The Kier molecular flexibility index (Phi) is 3.90. The predicted octanol–water partition coefficient (Wildman–Crippen LogP) is 1.72. The van der Waals surface area contributed by atoms with Gasteiger partial charge in [-0.1, -0.05) is 12.8 Å². The molecule has 0 radical (unpaired) electrons. The summed E-state index contributed by atoms with van der Waals surface area (Å²) in [4.78, 5) is 22.3. The average Bonchev–Trinajstić information content (AvgIpc) is 2.46. The van der Waals surface area contributed by atoms with E-state index in [9.17, 15) is 9.59 Å². The largest absolute Gasteiger partial charge is 0.481 e. The van der Waals surface area contributed by atoms with Crippen molar-refractivity contribution in [2.45, 2.75) is 33.1 Å². The molecule has 0 amide bonds. The maximum absolute atomic E-state index is 11.6. The van der Waals surface area contributed by atoms with Crippen LogP contribution < -0.4 is 0 Å². The van der Waals surface area contributed by atoms with Gasteiger partial charge in [-0.25, -0.2) is 0 Å². The average molecular weight is 208 g/mol. The molecule has 1 aliphatic carbocycles. The highest BCUT2D eigenvalue weighted by molar-refractivity contribution is 5.85. The fraction of sp³-hybridized carbons (Fsp3) is 0.667. The van der Waals surface area contributed by atoms with Gasteiger partial charge >= 0.3 is 5.97 Å². The van der Waals surface area contributed by atoms with Gasteiger partial charge in [0.25, 0.3) is 0 Å². The van der Waals surface area contributed by atoms with Gasteiger partial charge in [0.1, 0.15) is 5.78 Å². The number of hydrogen-bond acceptors (Lipinski definition) is 2. The molecule has 0 aromatic carbocycles. The van der Waals surface area contributed by atoms with Gasteiger partial charge in [0.05, 0.1) is 0 Å². The molecule has 1 N–H and O–H groups in total. The van der Waals surface area contributed by atoms with Crippen molar-refractivity contribution in [2.24, 2.45) is 17.8 Å². The molecule has 0 spiro atoms. The zero-order valence-corrected chi connectivity index (χ0v) is 9.12. The van der Waals surface area contributed by atoms with Crippen molar-refractivity contribution in [1.82, 2.24) is 0 Å². The summed E-state index contributed by atoms with van der Waals surface area (Å²) in [6.45, 7) is 3.64. The molecule has 1 saturated carbocycles. The highest BCUT2D eigenvalue weighted by Gasteiger charge is 2.38. The lowest BCUT2D eigenvalue weighted by molar-refractivity contribution is -0.138. The summed E-state index contributed by atoms with van der Waals surface area (Å²) in [7, 11) is 0. The van der Waals surface area contributed by atoms with Gasteiger partial charge < -0.3 is 5.11 Å². The van der Waals surface area contributed by atoms with E-state index in [0.29, 0.717) is 12.8 Å². The number of carbonyl (C=O) groups excluding carboxylic acids is 1. The van der Waals surface area contributed by atoms with Crippen LogP contribution in [0.3, 0.4) is 0 Å². The van der Waals surface area contributed by atoms with Crippen LogP contribution in [0.2, 0.25) is 0 Å². The van der Waals surface area contributed by atoms with Crippen molar-refractivity contribution in [3.8, 4) is 11.8 Å². The first-order chi connectivity index (χ1) is 7.06. The SMILES string of the molecule is CC#CC(C)C1C(=O)CCC1CC(=O)O. The quantitative estimate of drug-likeness (QED) is 0.718. The fourth-order valence-corrected chi connectivity index (χ4v) is 2.39. The zero-order chi connectivity index (χ0) is 11.4. The van der Waals surface area contributed by atoms with Crippen molar-refractivity contribution in [1.29, 1.82) is 0 Å². The summed E-state index contributed by atoms with van der Waals surface area (Å²) in [6.07, 6.45) is 1.30. The molecule has 82 valence electrons. The Hall–Kier alpha value is -1.30. The number of Topliss-reactive ketones (excluding diaryl/α,β-unsaturated/α-hetero) is 1. The molecule has 3 atom stereocenters. The maximum Gasteiger partial charge on any atom is 0.303 e. The van der Waals surface area contributed by atoms with Crippen molar-refractivity contribution >= 4 is 11.8 Å². The Morgan fingerprint density at radius 2 is 2.33 bits per heavy atom. The Labute approximate surface area is 89.9 Å². The van der Waals surface area contributed by atoms with Gasteiger partial charge in [-0.15, -0.1) is 5.92 Å². The minimum atomic E-state index is -0.823. The van der Waals surface area contributed by atoms with Crippen LogP contribution in [0.5, 0.6) is 0 Å². The van der Waals surface area contributed by atoms with Crippen molar-refractivity contribution in [3.63, 3.8) is 0 Å². The Morgan fingerprint density at radius 3 is 2.87 bits per heavy atom. The normalized spacial score (nSPS) is 26.9. The van der Waals surface area contributed by atoms with Gasteiger partial charge in [0.15, 0.2) is 0 Å². The molecule has 0 aromatic rings. The number of rotatable bonds is 3. The maximum atomic E-state index is 11.6. The topological polar surface area (TPSA) is 54.4 Å². The molecule has 0 saturated heterocycles. The number of carboxylic acid groups (broad SMARTS) is 1. The first-order valence-electron chi connectivity index (χ1n) is 5.23. The van der Waals surface area contributed by atoms with E-state index in [4.69, 9.17) is 5.11 Å². The number of carboxylic acids is 1. The lowest BCUT2D eigenvalue weighted by atomic mass is 9.83. The number of ketones is 1. The Morgan fingerprint density at radius 1 is 1.67 bits per heavy atom. The van der Waals surface area contributed by atoms with E-state index >= 15 is 0 Å². The highest BCUT2D eigenvalue weighted by atomic mass is 16.4. The molecule has 1 rings (SSSR count). The minimum absolute atomic E-state index is 0.0191. The van der Waals surface area contributed by atoms with Gasteiger partial charge in [0, 0.05) is 24.7 Å². The van der Waals surface area contributed by atoms with Crippen LogP contribution >= 0.6 is 0 Å². The molecule has 3 heteroatoms. The first kappa shape index (κ1) is 11.8. The third-order valence-electron chi connectivity index (χ3n) is 2.99. The van der Waals surface area contributed by atoms with Crippen molar-refractivity contribution in [3.05, 3.63) is 0 Å². The zero-order valence-electron chi connectivity index (χ0n) is 9.12. The van der Waals surface area contributed by atoms with Crippen LogP contribution in [-0.2, 0) is 9.59 Å². The van der Waals surface area contributed by atoms with E-state index in [2.05, 4.69) is 11.8 Å². The summed E-state index contributed by atoms with van der Waals surface area (Å²) in [6, 6.07) is 0. The molecule has 0 aromatic heterocycles. The fourth-order valence-electron chi connectivity index (χ4n) is 2.39. The molecular formula is C12H16O3. The molecule has 15 heavy (non-hydrogen) atoms. The summed E-state index contributed by atoms with van der Waals surface area (Å²) < 4.78 is 0. The highest BCUT2D eigenvalue weighted by Crippen LogP contribution is 2.36. The molecule has 0 heterocycles. The van der Waals surface area contributed by atoms with Crippen LogP contribution in [0.15, 0.2) is 0 Å². The van der Waals surface area contributed by atoms with Gasteiger partial charge in [0.2, 0.25) is 0 Å². The second-order valence-corrected chi connectivity index (χ2v) is 4.07. The summed E-state index contributed by atoms with van der Waals surface area (Å²) >= 11 is 0. The Balaban J connectivity index is 2.75. The van der Waals surface area contributed by atoms with Gasteiger partial charge in [-0.05, 0) is 19.3 Å². The lowest BCUT2D eigenvalue weighted by Crippen LogP contribution is -2.23. The first-order valence-corrected chi connectivity index (χ1v) is 5.23. The van der Waals surface area contributed by atoms with E-state index in [-0.39, 0.29) is 30.0 Å². The van der Waals surface area contributed by atoms with E-state index < -0.39 is 5.97 Å². The molecule has 3 unspecified atom stereocenters. The third-order valence-corrected chi connectivity index (χ3v) is 2.99. The smallest absolute Gasteiger partial charge is 0.303 e.